The third-order valence-electron chi connectivity index (χ3n) is 2.85. The predicted octanol–water partition coefficient (Wildman–Crippen LogP) is 0.711. The molecule has 0 saturated carbocycles. The molecular formula is C10H14N2O2. The summed E-state index contributed by atoms with van der Waals surface area (Å²) in [4.78, 5) is 13.1. The van der Waals surface area contributed by atoms with Crippen molar-refractivity contribution in [2.24, 2.45) is 7.05 Å². The highest BCUT2D eigenvalue weighted by Crippen LogP contribution is 2.21. The van der Waals surface area contributed by atoms with Gasteiger partial charge in [-0.05, 0) is 25.1 Å². The molecule has 0 spiro atoms. The van der Waals surface area contributed by atoms with Crippen LogP contribution in [0.3, 0.4) is 0 Å². The topological polar surface area (TPSA) is 45.5 Å². The molecule has 1 N–H and O–H groups in total. The summed E-state index contributed by atoms with van der Waals surface area (Å²) in [6.07, 6.45) is 0.951. The Hall–Kier alpha value is -1.29. The van der Waals surface area contributed by atoms with Crippen LogP contribution in [-0.4, -0.2) is 34.1 Å². The average Bonchev–Trinajstić information content (AvgIpc) is 2.44. The van der Waals surface area contributed by atoms with Crippen LogP contribution in [0, 0.1) is 0 Å². The van der Waals surface area contributed by atoms with E-state index in [1.807, 2.05) is 7.05 Å². The van der Waals surface area contributed by atoms with E-state index in [0.29, 0.717) is 5.69 Å². The number of nitrogens with zero attached hydrogens (tertiary/aromatic N) is 2. The van der Waals surface area contributed by atoms with Crippen LogP contribution in [0.2, 0.25) is 0 Å². The Morgan fingerprint density at radius 3 is 2.86 bits per heavy atom. The monoisotopic (exact) mass is 194 g/mol. The molecule has 0 saturated heterocycles. The van der Waals surface area contributed by atoms with Crippen molar-refractivity contribution in [2.45, 2.75) is 13.0 Å². The zero-order valence-electron chi connectivity index (χ0n) is 8.45. The fourth-order valence-electron chi connectivity index (χ4n) is 1.98. The van der Waals surface area contributed by atoms with Crippen LogP contribution in [0.4, 0.5) is 0 Å². The highest BCUT2D eigenvalue weighted by atomic mass is 16.4. The number of carboxylic acid groups (broad SMARTS) is 1. The molecule has 76 valence electrons. The maximum atomic E-state index is 10.9. The number of hydrogen-bond acceptors (Lipinski definition) is 2. The Morgan fingerprint density at radius 2 is 2.21 bits per heavy atom. The van der Waals surface area contributed by atoms with Crippen molar-refractivity contribution in [3.63, 3.8) is 0 Å². The predicted molar refractivity (Wildman–Crippen MR) is 52.4 cm³/mol. The first-order valence-electron chi connectivity index (χ1n) is 4.69. The van der Waals surface area contributed by atoms with E-state index in [4.69, 9.17) is 5.11 Å². The standard InChI is InChI=1S/C10H14N2O2/c1-11-4-3-7-5-8(10(13)14)12(2)9(7)6-11/h5H,3-4,6H2,1-2H3,(H,13,14). The second-order valence-corrected chi connectivity index (χ2v) is 3.85. The van der Waals surface area contributed by atoms with Crippen molar-refractivity contribution < 1.29 is 9.90 Å². The molecule has 1 aromatic heterocycles. The molecule has 0 aliphatic carbocycles. The minimum absolute atomic E-state index is 0.394. The summed E-state index contributed by atoms with van der Waals surface area (Å²) >= 11 is 0. The Balaban J connectivity index is 2.46. The minimum Gasteiger partial charge on any atom is -0.477 e. The maximum Gasteiger partial charge on any atom is 0.352 e. The van der Waals surface area contributed by atoms with E-state index in [1.54, 1.807) is 10.6 Å². The SMILES string of the molecule is CN1CCc2cc(C(=O)O)n(C)c2C1. The lowest BCUT2D eigenvalue weighted by atomic mass is 10.1. The lowest BCUT2D eigenvalue weighted by Crippen LogP contribution is -2.27. The number of carboxylic acids is 1. The lowest BCUT2D eigenvalue weighted by molar-refractivity contribution is 0.0686. The van der Waals surface area contributed by atoms with Gasteiger partial charge in [-0.3, -0.25) is 0 Å². The molecule has 2 heterocycles. The van der Waals surface area contributed by atoms with Gasteiger partial charge in [-0.25, -0.2) is 4.79 Å². The molecule has 0 amide bonds. The fraction of sp³-hybridized carbons (Fsp3) is 0.500. The van der Waals surface area contributed by atoms with E-state index < -0.39 is 5.97 Å². The maximum absolute atomic E-state index is 10.9. The smallest absolute Gasteiger partial charge is 0.352 e. The van der Waals surface area contributed by atoms with E-state index >= 15 is 0 Å². The number of likely N-dealkylation sites (N-methyl/N-ethyl adjacent to an activating group) is 1. The van der Waals surface area contributed by atoms with E-state index in [2.05, 4.69) is 11.9 Å². The molecule has 0 aromatic carbocycles. The van der Waals surface area contributed by atoms with Crippen molar-refractivity contribution >= 4 is 5.97 Å². The molecule has 1 aromatic rings. The molecule has 1 aliphatic rings. The van der Waals surface area contributed by atoms with E-state index in [0.717, 1.165) is 25.2 Å². The van der Waals surface area contributed by atoms with Crippen molar-refractivity contribution in [1.82, 2.24) is 9.47 Å². The Kier molecular flexibility index (Phi) is 2.07. The molecule has 1 aliphatic heterocycles. The normalized spacial score (nSPS) is 16.7. The van der Waals surface area contributed by atoms with Gasteiger partial charge in [0.05, 0.1) is 0 Å². The van der Waals surface area contributed by atoms with Gasteiger partial charge >= 0.3 is 5.97 Å². The molecule has 0 bridgehead atoms. The van der Waals surface area contributed by atoms with Crippen LogP contribution >= 0.6 is 0 Å². The molecule has 0 fully saturated rings. The second-order valence-electron chi connectivity index (χ2n) is 3.85. The summed E-state index contributed by atoms with van der Waals surface area (Å²) in [7, 11) is 3.87. The summed E-state index contributed by atoms with van der Waals surface area (Å²) in [6, 6.07) is 1.80. The zero-order valence-corrected chi connectivity index (χ0v) is 8.45. The third-order valence-corrected chi connectivity index (χ3v) is 2.85. The number of carbonyl (C=O) groups is 1. The molecule has 2 rings (SSSR count). The highest BCUT2D eigenvalue weighted by molar-refractivity contribution is 5.86. The van der Waals surface area contributed by atoms with E-state index in [-0.39, 0.29) is 0 Å². The number of hydrogen-bond donors (Lipinski definition) is 1. The molecule has 4 nitrogen and oxygen atoms in total. The van der Waals surface area contributed by atoms with Gasteiger partial charge in [0.15, 0.2) is 0 Å². The van der Waals surface area contributed by atoms with Crippen LogP contribution in [0.5, 0.6) is 0 Å². The van der Waals surface area contributed by atoms with Crippen LogP contribution in [0.25, 0.3) is 0 Å². The Bertz CT molecular complexity index is 382. The first-order chi connectivity index (χ1) is 6.59. The molecule has 0 radical (unpaired) electrons. The van der Waals surface area contributed by atoms with Crippen LogP contribution < -0.4 is 0 Å². The van der Waals surface area contributed by atoms with Gasteiger partial charge < -0.3 is 14.6 Å². The molecule has 14 heavy (non-hydrogen) atoms. The van der Waals surface area contributed by atoms with Gasteiger partial charge in [-0.15, -0.1) is 0 Å². The van der Waals surface area contributed by atoms with Crippen LogP contribution in [0.15, 0.2) is 6.07 Å². The Labute approximate surface area is 82.7 Å². The van der Waals surface area contributed by atoms with Gasteiger partial charge in [0.25, 0.3) is 0 Å². The number of aromatic carboxylic acids is 1. The summed E-state index contributed by atoms with van der Waals surface area (Å²) in [5.41, 5.74) is 2.71. The number of fused-ring (bicyclic) bond motifs is 1. The quantitative estimate of drug-likeness (QED) is 0.716. The minimum atomic E-state index is -0.843. The lowest BCUT2D eigenvalue weighted by Gasteiger charge is -2.23. The molecular weight excluding hydrogens is 180 g/mol. The van der Waals surface area contributed by atoms with E-state index in [1.165, 1.54) is 5.56 Å². The van der Waals surface area contributed by atoms with Gasteiger partial charge in [0.1, 0.15) is 5.69 Å². The van der Waals surface area contributed by atoms with Gasteiger partial charge in [-0.1, -0.05) is 0 Å². The molecule has 4 heteroatoms. The largest absolute Gasteiger partial charge is 0.477 e. The summed E-state index contributed by atoms with van der Waals surface area (Å²) in [6.45, 7) is 1.86. The first-order valence-corrected chi connectivity index (χ1v) is 4.69. The van der Waals surface area contributed by atoms with Gasteiger partial charge in [0.2, 0.25) is 0 Å². The molecule has 0 atom stereocenters. The Morgan fingerprint density at radius 1 is 1.50 bits per heavy atom. The van der Waals surface area contributed by atoms with Crippen molar-refractivity contribution in [1.29, 1.82) is 0 Å². The van der Waals surface area contributed by atoms with Crippen molar-refractivity contribution in [3.8, 4) is 0 Å². The second kappa shape index (κ2) is 3.13. The van der Waals surface area contributed by atoms with Crippen molar-refractivity contribution in [2.75, 3.05) is 13.6 Å². The first kappa shape index (κ1) is 9.27. The van der Waals surface area contributed by atoms with Crippen LogP contribution in [0.1, 0.15) is 21.7 Å². The van der Waals surface area contributed by atoms with Gasteiger partial charge in [0, 0.05) is 25.8 Å². The fourth-order valence-corrected chi connectivity index (χ4v) is 1.98. The summed E-state index contributed by atoms with van der Waals surface area (Å²) < 4.78 is 1.79. The zero-order chi connectivity index (χ0) is 10.3. The number of aromatic nitrogens is 1. The number of rotatable bonds is 1. The summed E-state index contributed by atoms with van der Waals surface area (Å²) in [5, 5.41) is 8.95. The summed E-state index contributed by atoms with van der Waals surface area (Å²) in [5.74, 6) is -0.843. The average molecular weight is 194 g/mol. The van der Waals surface area contributed by atoms with Crippen molar-refractivity contribution in [3.05, 3.63) is 23.0 Å². The molecule has 0 unspecified atom stereocenters. The highest BCUT2D eigenvalue weighted by Gasteiger charge is 2.21. The van der Waals surface area contributed by atoms with E-state index in [9.17, 15) is 4.79 Å². The van der Waals surface area contributed by atoms with Gasteiger partial charge in [-0.2, -0.15) is 0 Å². The van der Waals surface area contributed by atoms with Crippen LogP contribution in [-0.2, 0) is 20.0 Å². The third kappa shape index (κ3) is 1.32.